The van der Waals surface area contributed by atoms with E-state index in [9.17, 15) is 0 Å². The lowest BCUT2D eigenvalue weighted by molar-refractivity contribution is -0.00000287. The molecular weight excluding hydrogens is 209 g/mol. The Hall–Kier alpha value is 0.340. The molecule has 0 saturated heterocycles. The lowest BCUT2D eigenvalue weighted by atomic mass is 11.2. The van der Waals surface area contributed by atoms with Gasteiger partial charge in [0.2, 0.25) is 9.03 Å². The van der Waals surface area contributed by atoms with Gasteiger partial charge in [-0.2, -0.15) is 0 Å². The van der Waals surface area contributed by atoms with Gasteiger partial charge in [-0.3, -0.25) is 0 Å². The van der Waals surface area contributed by atoms with Crippen molar-refractivity contribution in [1.82, 2.24) is 14.0 Å². The third kappa shape index (κ3) is 2.90. The van der Waals surface area contributed by atoms with Gasteiger partial charge in [0.1, 0.15) is 0 Å². The zero-order valence-corrected chi connectivity index (χ0v) is 11.2. The first kappa shape index (κ1) is 15.8. The minimum absolute atomic E-state index is 0. The fourth-order valence-corrected chi connectivity index (χ4v) is 6.01. The number of halogens is 1. The highest BCUT2D eigenvalue weighted by atomic mass is 31.2. The molecule has 0 aromatic carbocycles. The summed E-state index contributed by atoms with van der Waals surface area (Å²) in [5.41, 5.74) is 0. The van der Waals surface area contributed by atoms with Crippen LogP contribution < -0.4 is 4.70 Å². The third-order valence-corrected chi connectivity index (χ3v) is 6.22. The number of rotatable bonds is 4. The lowest BCUT2D eigenvalue weighted by Gasteiger charge is -2.31. The fourth-order valence-electron chi connectivity index (χ4n) is 1.38. The number of hydrogen-bond donors (Lipinski definition) is 0. The Bertz CT molecular complexity index is 141. The van der Waals surface area contributed by atoms with Gasteiger partial charge in [-0.1, -0.05) is 0 Å². The van der Waals surface area contributed by atoms with Gasteiger partial charge in [0.05, 0.1) is 4.52 Å². The van der Waals surface area contributed by atoms with Gasteiger partial charge in [-0.05, 0) is 0 Å². The largest absolute Gasteiger partial charge is 1.00 e. The van der Waals surface area contributed by atoms with Gasteiger partial charge >= 0.3 is 7.87 Å². The normalized spacial score (nSPS) is 12.1. The molecule has 0 bridgehead atoms. The van der Waals surface area contributed by atoms with Crippen molar-refractivity contribution in [2.75, 3.05) is 42.3 Å². The molecule has 1 atom stereocenters. The standard InChI is InChI=1S/C6H19N4P2.FH/c1-8(2)12(7-11,9(3)4)10(5)6;/h11H,1-6H3;1H/q+1;. The van der Waals surface area contributed by atoms with Crippen molar-refractivity contribution < 1.29 is 4.70 Å². The van der Waals surface area contributed by atoms with Crippen LogP contribution in [-0.2, 0) is 0 Å². The average Bonchev–Trinajstić information content (AvgIpc) is 1.86. The molecule has 0 saturated carbocycles. The van der Waals surface area contributed by atoms with Crippen LogP contribution in [0.1, 0.15) is 0 Å². The summed E-state index contributed by atoms with van der Waals surface area (Å²) in [4.78, 5) is 0. The van der Waals surface area contributed by atoms with Gasteiger partial charge < -0.3 is 4.70 Å². The Kier molecular flexibility index (Phi) is 7.22. The predicted octanol–water partition coefficient (Wildman–Crippen LogP) is -1.59. The fraction of sp³-hybridized carbons (Fsp3) is 1.00. The molecule has 80 valence electrons. The van der Waals surface area contributed by atoms with Crippen molar-refractivity contribution in [3.05, 3.63) is 0 Å². The van der Waals surface area contributed by atoms with Crippen LogP contribution in [-0.4, -0.2) is 56.3 Å². The summed E-state index contributed by atoms with van der Waals surface area (Å²) in [5.74, 6) is 0. The first-order valence-electron chi connectivity index (χ1n) is 3.74. The monoisotopic (exact) mass is 229 g/mol. The summed E-state index contributed by atoms with van der Waals surface area (Å²) in [7, 11) is 13.2. The van der Waals surface area contributed by atoms with Gasteiger partial charge in [0.25, 0.3) is 0 Å². The second-order valence-corrected chi connectivity index (χ2v) is 7.59. The molecule has 0 rings (SSSR count). The van der Waals surface area contributed by atoms with Gasteiger partial charge in [-0.15, -0.1) is 14.0 Å². The van der Waals surface area contributed by atoms with E-state index in [-0.39, 0.29) is 4.70 Å². The zero-order chi connectivity index (χ0) is 9.94. The Morgan fingerprint density at radius 2 is 1.08 bits per heavy atom. The van der Waals surface area contributed by atoms with E-state index < -0.39 is 7.87 Å². The Morgan fingerprint density at radius 3 is 1.08 bits per heavy atom. The molecule has 0 aromatic rings. The van der Waals surface area contributed by atoms with Crippen LogP contribution in [0.3, 0.4) is 0 Å². The van der Waals surface area contributed by atoms with E-state index in [1.807, 2.05) is 0 Å². The molecular formula is C6H20FN4P2+. The van der Waals surface area contributed by atoms with Crippen molar-refractivity contribution >= 4 is 16.9 Å². The van der Waals surface area contributed by atoms with Crippen LogP contribution in [0.5, 0.6) is 0 Å². The molecule has 0 N–H and O–H groups in total. The van der Waals surface area contributed by atoms with E-state index in [1.165, 1.54) is 0 Å². The summed E-state index contributed by atoms with van der Waals surface area (Å²) in [6, 6.07) is 0. The summed E-state index contributed by atoms with van der Waals surface area (Å²) >= 11 is 0. The maximum Gasteiger partial charge on any atom is 0.400 e. The second-order valence-electron chi connectivity index (χ2n) is 3.19. The highest BCUT2D eigenvalue weighted by molar-refractivity contribution is 7.69. The Labute approximate surface area is 83.1 Å². The van der Waals surface area contributed by atoms with Crippen LogP contribution in [0.4, 0.5) is 0 Å². The topological polar surface area (TPSA) is 22.1 Å². The van der Waals surface area contributed by atoms with E-state index in [0.717, 1.165) is 0 Å². The summed E-state index contributed by atoms with van der Waals surface area (Å²) in [6.07, 6.45) is 0. The van der Waals surface area contributed by atoms with Crippen molar-refractivity contribution in [3.63, 3.8) is 0 Å². The van der Waals surface area contributed by atoms with E-state index in [1.54, 1.807) is 0 Å². The zero-order valence-electron chi connectivity index (χ0n) is 9.19. The quantitative estimate of drug-likeness (QED) is 0.543. The maximum absolute atomic E-state index is 4.42. The number of nitrogens with zero attached hydrogens (tertiary/aromatic N) is 4. The highest BCUT2D eigenvalue weighted by Crippen LogP contribution is 2.65. The van der Waals surface area contributed by atoms with E-state index in [2.05, 4.69) is 69.8 Å². The smallest absolute Gasteiger partial charge is 0.400 e. The SMILES string of the molecule is CN(C)[P+](N=[PH2+])(N(C)C)N(C)C.[F-]. The van der Waals surface area contributed by atoms with Crippen molar-refractivity contribution in [2.45, 2.75) is 0 Å². The van der Waals surface area contributed by atoms with E-state index in [4.69, 9.17) is 0 Å². The van der Waals surface area contributed by atoms with Crippen molar-refractivity contribution in [1.29, 1.82) is 0 Å². The van der Waals surface area contributed by atoms with Crippen molar-refractivity contribution in [3.8, 4) is 0 Å². The van der Waals surface area contributed by atoms with Crippen LogP contribution >= 0.6 is 16.9 Å². The summed E-state index contributed by atoms with van der Waals surface area (Å²) in [6.45, 7) is 0. The molecule has 7 heteroatoms. The number of hydrogen-bond acceptors (Lipinski definition) is 4. The molecule has 0 aromatic heterocycles. The third-order valence-electron chi connectivity index (χ3n) is 1.76. The maximum atomic E-state index is 4.42. The summed E-state index contributed by atoms with van der Waals surface area (Å²) in [5, 5.41) is 0. The molecule has 0 amide bonds. The Morgan fingerprint density at radius 1 is 0.846 bits per heavy atom. The lowest BCUT2D eigenvalue weighted by Crippen LogP contribution is -3.00. The first-order chi connectivity index (χ1) is 5.39. The average molecular weight is 229 g/mol. The van der Waals surface area contributed by atoms with Crippen molar-refractivity contribution in [2.24, 2.45) is 4.52 Å². The highest BCUT2D eigenvalue weighted by Gasteiger charge is 2.51. The molecule has 0 aliphatic carbocycles. The Balaban J connectivity index is 0. The van der Waals surface area contributed by atoms with Crippen LogP contribution in [0.15, 0.2) is 4.52 Å². The molecule has 0 aliphatic heterocycles. The second kappa shape index (κ2) is 5.94. The molecule has 0 radical (unpaired) electrons. The van der Waals surface area contributed by atoms with Gasteiger partial charge in [0, 0.05) is 42.3 Å². The molecule has 1 unspecified atom stereocenters. The molecule has 0 aliphatic rings. The summed E-state index contributed by atoms with van der Waals surface area (Å²) < 4.78 is 10.9. The first-order valence-corrected chi connectivity index (χ1v) is 5.86. The van der Waals surface area contributed by atoms with Crippen LogP contribution in [0, 0.1) is 0 Å². The van der Waals surface area contributed by atoms with E-state index in [0.29, 0.717) is 0 Å². The molecule has 0 spiro atoms. The van der Waals surface area contributed by atoms with Crippen LogP contribution in [0.2, 0.25) is 0 Å². The molecule has 13 heavy (non-hydrogen) atoms. The minimum Gasteiger partial charge on any atom is -1.00 e. The molecule has 0 heterocycles. The van der Waals surface area contributed by atoms with Crippen LogP contribution in [0.25, 0.3) is 0 Å². The van der Waals surface area contributed by atoms with Gasteiger partial charge in [-0.25, -0.2) is 0 Å². The predicted molar refractivity (Wildman–Crippen MR) is 60.1 cm³/mol. The minimum atomic E-state index is -1.60. The molecule has 4 nitrogen and oxygen atoms in total. The van der Waals surface area contributed by atoms with Gasteiger partial charge in [0.15, 0.2) is 0 Å². The molecule has 0 fully saturated rings. The van der Waals surface area contributed by atoms with E-state index >= 15 is 0 Å².